The van der Waals surface area contributed by atoms with E-state index in [2.05, 4.69) is 0 Å². The lowest BCUT2D eigenvalue weighted by atomic mass is 10.1. The van der Waals surface area contributed by atoms with Gasteiger partial charge in [0.05, 0.1) is 29.1 Å². The average molecular weight is 464 g/mol. The smallest absolute Gasteiger partial charge is 0.312 e. The highest BCUT2D eigenvalue weighted by molar-refractivity contribution is 7.89. The molecule has 3 rings (SSSR count). The van der Waals surface area contributed by atoms with Gasteiger partial charge in [-0.05, 0) is 24.6 Å². The number of benzene rings is 2. The molecule has 0 spiro atoms. The third-order valence-corrected chi connectivity index (χ3v) is 7.24. The van der Waals surface area contributed by atoms with Crippen molar-refractivity contribution < 1.29 is 27.6 Å². The Kier molecular flexibility index (Phi) is 7.44. The second-order valence-electron chi connectivity index (χ2n) is 7.28. The SMILES string of the molecule is CC(c1ccccc1)N(C)C(=O)COc1ccc(S(=O)(=O)N2CCOCC2)cc1[N+](=O)[O-]. The Hall–Kier alpha value is -3.02. The number of likely N-dealkylation sites (N-methyl/N-ethyl adjacent to an activating group) is 1. The van der Waals surface area contributed by atoms with E-state index in [1.54, 1.807) is 7.05 Å². The standard InChI is InChI=1S/C21H25N3O7S/c1-16(17-6-4-3-5-7-17)22(2)21(25)15-31-20-9-8-18(14-19(20)24(26)27)32(28,29)23-10-12-30-13-11-23/h3-9,14,16H,10-13,15H2,1-2H3. The minimum atomic E-state index is -3.90. The van der Waals surface area contributed by atoms with Crippen molar-refractivity contribution in [3.05, 3.63) is 64.2 Å². The van der Waals surface area contributed by atoms with E-state index in [0.29, 0.717) is 0 Å². The van der Waals surface area contributed by atoms with E-state index in [1.807, 2.05) is 37.3 Å². The van der Waals surface area contributed by atoms with Gasteiger partial charge in [-0.1, -0.05) is 30.3 Å². The van der Waals surface area contributed by atoms with Gasteiger partial charge in [0.25, 0.3) is 5.91 Å². The Morgan fingerprint density at radius 2 is 1.88 bits per heavy atom. The van der Waals surface area contributed by atoms with Gasteiger partial charge in [-0.15, -0.1) is 0 Å². The number of carbonyl (C=O) groups excluding carboxylic acids is 1. The number of amides is 1. The molecule has 0 aliphatic carbocycles. The minimum absolute atomic E-state index is 0.175. The Labute approximate surface area is 186 Å². The summed E-state index contributed by atoms with van der Waals surface area (Å²) in [6.45, 7) is 2.31. The summed E-state index contributed by atoms with van der Waals surface area (Å²) in [6, 6.07) is 12.6. The van der Waals surface area contributed by atoms with Gasteiger partial charge in [-0.3, -0.25) is 14.9 Å². The van der Waals surface area contributed by atoms with Gasteiger partial charge >= 0.3 is 5.69 Å². The van der Waals surface area contributed by atoms with Gasteiger partial charge in [-0.25, -0.2) is 8.42 Å². The highest BCUT2D eigenvalue weighted by atomic mass is 32.2. The van der Waals surface area contributed by atoms with Crippen molar-refractivity contribution in [1.82, 2.24) is 9.21 Å². The highest BCUT2D eigenvalue weighted by Crippen LogP contribution is 2.31. The summed E-state index contributed by atoms with van der Waals surface area (Å²) in [5.41, 5.74) is 0.415. The van der Waals surface area contributed by atoms with Gasteiger partial charge in [-0.2, -0.15) is 4.31 Å². The molecule has 172 valence electrons. The molecule has 0 radical (unpaired) electrons. The summed E-state index contributed by atoms with van der Waals surface area (Å²) in [7, 11) is -2.28. The number of nitro groups is 1. The Balaban J connectivity index is 1.74. The predicted octanol–water partition coefficient (Wildman–Crippen LogP) is 2.21. The van der Waals surface area contributed by atoms with Crippen LogP contribution < -0.4 is 4.74 Å². The first-order valence-corrected chi connectivity index (χ1v) is 11.5. The lowest BCUT2D eigenvalue weighted by Gasteiger charge is -2.26. The van der Waals surface area contributed by atoms with Crippen LogP contribution in [0.4, 0.5) is 5.69 Å². The zero-order chi connectivity index (χ0) is 23.3. The van der Waals surface area contributed by atoms with Crippen molar-refractivity contribution >= 4 is 21.6 Å². The molecule has 1 fully saturated rings. The number of hydrogen-bond acceptors (Lipinski definition) is 7. The monoisotopic (exact) mass is 463 g/mol. The van der Waals surface area contributed by atoms with Crippen molar-refractivity contribution in [2.75, 3.05) is 40.0 Å². The second kappa shape index (κ2) is 10.1. The van der Waals surface area contributed by atoms with Crippen molar-refractivity contribution in [3.63, 3.8) is 0 Å². The van der Waals surface area contributed by atoms with Crippen LogP contribution in [-0.2, 0) is 19.6 Å². The first kappa shape index (κ1) is 23.6. The van der Waals surface area contributed by atoms with Gasteiger partial charge in [0, 0.05) is 26.2 Å². The molecular weight excluding hydrogens is 438 g/mol. The molecule has 0 aromatic heterocycles. The summed E-state index contributed by atoms with van der Waals surface area (Å²) >= 11 is 0. The first-order chi connectivity index (χ1) is 15.2. The molecule has 0 N–H and O–H groups in total. The lowest BCUT2D eigenvalue weighted by Crippen LogP contribution is -2.40. The van der Waals surface area contributed by atoms with E-state index < -0.39 is 27.2 Å². The van der Waals surface area contributed by atoms with E-state index >= 15 is 0 Å². The highest BCUT2D eigenvalue weighted by Gasteiger charge is 2.29. The van der Waals surface area contributed by atoms with E-state index in [0.717, 1.165) is 11.6 Å². The fourth-order valence-electron chi connectivity index (χ4n) is 3.27. The molecule has 1 unspecified atom stereocenters. The number of nitro benzene ring substituents is 1. The topological polar surface area (TPSA) is 119 Å². The Morgan fingerprint density at radius 1 is 1.22 bits per heavy atom. The fraction of sp³-hybridized carbons (Fsp3) is 0.381. The quantitative estimate of drug-likeness (QED) is 0.435. The molecule has 2 aromatic rings. The zero-order valence-electron chi connectivity index (χ0n) is 17.8. The number of morpholine rings is 1. The number of nitrogens with zero attached hydrogens (tertiary/aromatic N) is 3. The van der Waals surface area contributed by atoms with Crippen LogP contribution in [0.25, 0.3) is 0 Å². The van der Waals surface area contributed by atoms with E-state index in [4.69, 9.17) is 9.47 Å². The molecule has 1 aliphatic heterocycles. The molecule has 1 heterocycles. The van der Waals surface area contributed by atoms with Crippen LogP contribution in [0.1, 0.15) is 18.5 Å². The zero-order valence-corrected chi connectivity index (χ0v) is 18.7. The second-order valence-corrected chi connectivity index (χ2v) is 9.22. The maximum absolute atomic E-state index is 12.8. The number of carbonyl (C=O) groups is 1. The lowest BCUT2D eigenvalue weighted by molar-refractivity contribution is -0.386. The van der Waals surface area contributed by atoms with Gasteiger partial charge in [0.15, 0.2) is 12.4 Å². The third kappa shape index (κ3) is 5.23. The molecule has 0 bridgehead atoms. The Bertz CT molecular complexity index is 1070. The fourth-order valence-corrected chi connectivity index (χ4v) is 4.70. The number of sulfonamides is 1. The van der Waals surface area contributed by atoms with Crippen LogP contribution in [-0.4, -0.2) is 68.4 Å². The van der Waals surface area contributed by atoms with Crippen molar-refractivity contribution in [2.24, 2.45) is 0 Å². The molecular formula is C21H25N3O7S. The number of rotatable bonds is 8. The summed E-state index contributed by atoms with van der Waals surface area (Å²) in [5, 5.41) is 11.6. The molecule has 1 saturated heterocycles. The van der Waals surface area contributed by atoms with Gasteiger partial charge in [0.2, 0.25) is 10.0 Å². The maximum atomic E-state index is 12.8. The number of ether oxygens (including phenoxy) is 2. The van der Waals surface area contributed by atoms with Gasteiger partial charge in [0.1, 0.15) is 0 Å². The van der Waals surface area contributed by atoms with Crippen LogP contribution in [0, 0.1) is 10.1 Å². The largest absolute Gasteiger partial charge is 0.477 e. The summed E-state index contributed by atoms with van der Waals surface area (Å²) < 4.78 is 37.4. The van der Waals surface area contributed by atoms with Crippen LogP contribution in [0.15, 0.2) is 53.4 Å². The third-order valence-electron chi connectivity index (χ3n) is 5.34. The average Bonchev–Trinajstić information content (AvgIpc) is 2.82. The molecule has 2 aromatic carbocycles. The van der Waals surface area contributed by atoms with Crippen LogP contribution in [0.3, 0.4) is 0 Å². The van der Waals surface area contributed by atoms with E-state index in [-0.39, 0.29) is 48.9 Å². The maximum Gasteiger partial charge on any atom is 0.312 e. The van der Waals surface area contributed by atoms with E-state index in [9.17, 15) is 23.3 Å². The van der Waals surface area contributed by atoms with Crippen LogP contribution in [0.2, 0.25) is 0 Å². The van der Waals surface area contributed by atoms with E-state index in [1.165, 1.54) is 21.3 Å². The summed E-state index contributed by atoms with van der Waals surface area (Å²) in [4.78, 5) is 24.7. The predicted molar refractivity (Wildman–Crippen MR) is 116 cm³/mol. The molecule has 1 amide bonds. The molecule has 32 heavy (non-hydrogen) atoms. The molecule has 10 nitrogen and oxygen atoms in total. The van der Waals surface area contributed by atoms with Crippen LogP contribution >= 0.6 is 0 Å². The molecule has 1 atom stereocenters. The Morgan fingerprint density at radius 3 is 2.50 bits per heavy atom. The minimum Gasteiger partial charge on any atom is -0.477 e. The van der Waals surface area contributed by atoms with Crippen molar-refractivity contribution in [2.45, 2.75) is 17.9 Å². The molecule has 0 saturated carbocycles. The van der Waals surface area contributed by atoms with Gasteiger partial charge < -0.3 is 14.4 Å². The first-order valence-electron chi connectivity index (χ1n) is 10.0. The molecule has 11 heteroatoms. The summed E-state index contributed by atoms with van der Waals surface area (Å²) in [6.07, 6.45) is 0. The van der Waals surface area contributed by atoms with Crippen LogP contribution in [0.5, 0.6) is 5.75 Å². The summed E-state index contributed by atoms with van der Waals surface area (Å²) in [5.74, 6) is -0.550. The van der Waals surface area contributed by atoms with Crippen molar-refractivity contribution in [1.29, 1.82) is 0 Å². The number of hydrogen-bond donors (Lipinski definition) is 0. The van der Waals surface area contributed by atoms with Crippen molar-refractivity contribution in [3.8, 4) is 5.75 Å². The normalized spacial score (nSPS) is 15.7. The molecule has 1 aliphatic rings.